The lowest BCUT2D eigenvalue weighted by molar-refractivity contribution is -0.113. The summed E-state index contributed by atoms with van der Waals surface area (Å²) in [6.45, 7) is 6.00. The number of nitrogens with one attached hydrogen (secondary N) is 1. The number of ether oxygens (including phenoxy) is 3. The summed E-state index contributed by atoms with van der Waals surface area (Å²) in [4.78, 5) is 36.7. The second kappa shape index (κ2) is 12.9. The Morgan fingerprint density at radius 3 is 2.35 bits per heavy atom. The number of benzene rings is 2. The van der Waals surface area contributed by atoms with Crippen molar-refractivity contribution in [1.29, 1.82) is 0 Å². The zero-order chi connectivity index (χ0) is 26.9. The molecule has 10 nitrogen and oxygen atoms in total. The van der Waals surface area contributed by atoms with Gasteiger partial charge in [-0.25, -0.2) is 9.59 Å². The van der Waals surface area contributed by atoms with Crippen LogP contribution in [0, 0.1) is 0 Å². The average molecular weight is 545 g/mol. The molecular formula is C25H25ClN4O6S. The summed E-state index contributed by atoms with van der Waals surface area (Å²) in [5, 5.41) is 12.1. The maximum absolute atomic E-state index is 12.7. The monoisotopic (exact) mass is 544 g/mol. The maximum atomic E-state index is 12.7. The van der Waals surface area contributed by atoms with Crippen molar-refractivity contribution >= 4 is 46.9 Å². The number of anilines is 1. The molecule has 0 aliphatic heterocycles. The van der Waals surface area contributed by atoms with Crippen molar-refractivity contribution in [1.82, 2.24) is 14.8 Å². The van der Waals surface area contributed by atoms with E-state index in [2.05, 4.69) is 22.1 Å². The lowest BCUT2D eigenvalue weighted by Crippen LogP contribution is -2.17. The molecule has 37 heavy (non-hydrogen) atoms. The number of rotatable bonds is 11. The lowest BCUT2D eigenvalue weighted by atomic mass is 10.1. The lowest BCUT2D eigenvalue weighted by Gasteiger charge is -2.16. The fourth-order valence-corrected chi connectivity index (χ4v) is 4.23. The molecule has 1 N–H and O–H groups in total. The van der Waals surface area contributed by atoms with Gasteiger partial charge in [-0.3, -0.25) is 9.36 Å². The minimum atomic E-state index is -0.659. The molecule has 1 aromatic heterocycles. The standard InChI is InChI=1S/C25H25ClN4O6S/c1-5-10-30-22(15(2)36-20-9-7-6-8-19(20)26)28-29-25(30)37-14-21(31)27-18-12-16(23(32)34-3)11-17(13-18)24(33)35-4/h5-9,11-13,15H,1,10,14H2,2-4H3,(H,27,31). The third kappa shape index (κ3) is 7.11. The Hall–Kier alpha value is -3.83. The molecule has 3 rings (SSSR count). The Bertz CT molecular complexity index is 1280. The number of amides is 1. The van der Waals surface area contributed by atoms with Crippen molar-refractivity contribution in [3.63, 3.8) is 0 Å². The van der Waals surface area contributed by atoms with Gasteiger partial charge in [-0.1, -0.05) is 41.6 Å². The van der Waals surface area contributed by atoms with Gasteiger partial charge in [0.25, 0.3) is 0 Å². The van der Waals surface area contributed by atoms with Crippen LogP contribution in [-0.2, 0) is 20.8 Å². The number of hydrogen-bond acceptors (Lipinski definition) is 9. The van der Waals surface area contributed by atoms with Crippen LogP contribution < -0.4 is 10.1 Å². The molecular weight excluding hydrogens is 520 g/mol. The Balaban J connectivity index is 1.73. The third-order valence-corrected chi connectivity index (χ3v) is 6.23. The molecule has 1 amide bonds. The number of methoxy groups -OCH3 is 2. The number of aromatic nitrogens is 3. The normalized spacial score (nSPS) is 11.4. The van der Waals surface area contributed by atoms with E-state index in [0.29, 0.717) is 28.3 Å². The summed E-state index contributed by atoms with van der Waals surface area (Å²) in [5.41, 5.74) is 0.427. The van der Waals surface area contributed by atoms with E-state index in [1.165, 1.54) is 32.4 Å². The van der Waals surface area contributed by atoms with E-state index in [0.717, 1.165) is 11.8 Å². The third-order valence-electron chi connectivity index (χ3n) is 4.95. The van der Waals surface area contributed by atoms with E-state index < -0.39 is 23.9 Å². The van der Waals surface area contributed by atoms with Gasteiger partial charge in [-0.15, -0.1) is 16.8 Å². The molecule has 0 saturated carbocycles. The number of carbonyl (C=O) groups excluding carboxylic acids is 3. The van der Waals surface area contributed by atoms with Crippen molar-refractivity contribution in [3.8, 4) is 5.75 Å². The molecule has 0 saturated heterocycles. The molecule has 0 aliphatic carbocycles. The summed E-state index contributed by atoms with van der Waals surface area (Å²) in [6.07, 6.45) is 1.21. The summed E-state index contributed by atoms with van der Waals surface area (Å²) in [6, 6.07) is 11.3. The fourth-order valence-electron chi connectivity index (χ4n) is 3.29. The zero-order valence-corrected chi connectivity index (χ0v) is 22.0. The largest absolute Gasteiger partial charge is 0.481 e. The van der Waals surface area contributed by atoms with E-state index in [1.807, 2.05) is 19.1 Å². The van der Waals surface area contributed by atoms with Crippen LogP contribution in [0.5, 0.6) is 5.75 Å². The van der Waals surface area contributed by atoms with Crippen molar-refractivity contribution < 1.29 is 28.6 Å². The molecule has 0 spiro atoms. The Labute approximate surface area is 222 Å². The van der Waals surface area contributed by atoms with Crippen molar-refractivity contribution in [3.05, 3.63) is 77.1 Å². The van der Waals surface area contributed by atoms with E-state index in [9.17, 15) is 14.4 Å². The van der Waals surface area contributed by atoms with Gasteiger partial charge in [0.15, 0.2) is 17.1 Å². The van der Waals surface area contributed by atoms with E-state index in [-0.39, 0.29) is 22.6 Å². The van der Waals surface area contributed by atoms with Gasteiger partial charge in [0.2, 0.25) is 5.91 Å². The molecule has 194 valence electrons. The second-order valence-electron chi connectivity index (χ2n) is 7.55. The van der Waals surface area contributed by atoms with Crippen molar-refractivity contribution in [2.75, 3.05) is 25.3 Å². The van der Waals surface area contributed by atoms with Crippen LogP contribution in [0.1, 0.15) is 39.6 Å². The number of hydrogen-bond donors (Lipinski definition) is 1. The minimum Gasteiger partial charge on any atom is -0.481 e. The topological polar surface area (TPSA) is 122 Å². The first-order valence-corrected chi connectivity index (χ1v) is 12.3. The van der Waals surface area contributed by atoms with Crippen LogP contribution in [0.3, 0.4) is 0 Å². The first-order chi connectivity index (χ1) is 17.8. The SMILES string of the molecule is C=CCn1c(SCC(=O)Nc2cc(C(=O)OC)cc(C(=O)OC)c2)nnc1C(C)Oc1ccccc1Cl. The molecule has 0 fully saturated rings. The molecule has 2 aromatic carbocycles. The van der Waals surface area contributed by atoms with Crippen LogP contribution >= 0.6 is 23.4 Å². The fraction of sp³-hybridized carbons (Fsp3) is 0.240. The highest BCUT2D eigenvalue weighted by atomic mass is 35.5. The number of esters is 2. The Morgan fingerprint density at radius 1 is 1.11 bits per heavy atom. The van der Waals surface area contributed by atoms with Gasteiger partial charge in [0, 0.05) is 12.2 Å². The highest BCUT2D eigenvalue weighted by molar-refractivity contribution is 7.99. The minimum absolute atomic E-state index is 0.0228. The first kappa shape index (κ1) is 27.8. The van der Waals surface area contributed by atoms with Crippen LogP contribution in [0.2, 0.25) is 5.02 Å². The van der Waals surface area contributed by atoms with Gasteiger partial charge in [0.1, 0.15) is 5.75 Å². The van der Waals surface area contributed by atoms with Gasteiger partial charge in [0.05, 0.1) is 36.1 Å². The number of nitrogens with zero attached hydrogens (tertiary/aromatic N) is 3. The summed E-state index contributed by atoms with van der Waals surface area (Å²) < 4.78 is 17.2. The second-order valence-corrected chi connectivity index (χ2v) is 8.90. The Morgan fingerprint density at radius 2 is 1.76 bits per heavy atom. The highest BCUT2D eigenvalue weighted by Gasteiger charge is 2.21. The van der Waals surface area contributed by atoms with E-state index in [4.69, 9.17) is 25.8 Å². The number of para-hydroxylation sites is 1. The zero-order valence-electron chi connectivity index (χ0n) is 20.4. The summed E-state index contributed by atoms with van der Waals surface area (Å²) >= 11 is 7.36. The molecule has 1 unspecified atom stereocenters. The van der Waals surface area contributed by atoms with Crippen LogP contribution in [0.25, 0.3) is 0 Å². The summed E-state index contributed by atoms with van der Waals surface area (Å²) in [7, 11) is 2.44. The van der Waals surface area contributed by atoms with Gasteiger partial charge in [-0.2, -0.15) is 0 Å². The van der Waals surface area contributed by atoms with E-state index in [1.54, 1.807) is 22.8 Å². The molecule has 0 radical (unpaired) electrons. The number of thioether (sulfide) groups is 1. The summed E-state index contributed by atoms with van der Waals surface area (Å²) in [5.74, 6) is -0.680. The highest BCUT2D eigenvalue weighted by Crippen LogP contribution is 2.29. The van der Waals surface area contributed by atoms with Gasteiger partial charge >= 0.3 is 11.9 Å². The van der Waals surface area contributed by atoms with Crippen LogP contribution in [0.15, 0.2) is 60.3 Å². The first-order valence-electron chi connectivity index (χ1n) is 11.0. The Kier molecular flexibility index (Phi) is 9.70. The molecule has 0 bridgehead atoms. The van der Waals surface area contributed by atoms with Crippen LogP contribution in [0.4, 0.5) is 5.69 Å². The number of carbonyl (C=O) groups is 3. The predicted molar refractivity (Wildman–Crippen MR) is 139 cm³/mol. The van der Waals surface area contributed by atoms with Crippen molar-refractivity contribution in [2.24, 2.45) is 0 Å². The molecule has 1 heterocycles. The number of halogens is 1. The van der Waals surface area contributed by atoms with Gasteiger partial charge < -0.3 is 19.5 Å². The van der Waals surface area contributed by atoms with Gasteiger partial charge in [-0.05, 0) is 37.3 Å². The number of allylic oxidation sites excluding steroid dienone is 1. The predicted octanol–water partition coefficient (Wildman–Crippen LogP) is 4.56. The van der Waals surface area contributed by atoms with Crippen LogP contribution in [-0.4, -0.2) is 52.6 Å². The quantitative estimate of drug-likeness (QED) is 0.210. The maximum Gasteiger partial charge on any atom is 0.337 e. The van der Waals surface area contributed by atoms with Crippen molar-refractivity contribution in [2.45, 2.75) is 24.7 Å². The molecule has 12 heteroatoms. The average Bonchev–Trinajstić information content (AvgIpc) is 3.30. The van der Waals surface area contributed by atoms with E-state index >= 15 is 0 Å². The molecule has 1 atom stereocenters. The smallest absolute Gasteiger partial charge is 0.337 e. The molecule has 3 aromatic rings. The molecule has 0 aliphatic rings.